The molecule has 2 aliphatic carbocycles. The van der Waals surface area contributed by atoms with E-state index in [0.717, 1.165) is 32.1 Å². The summed E-state index contributed by atoms with van der Waals surface area (Å²) in [6.45, 7) is 0. The Balaban J connectivity index is 1.84. The second kappa shape index (κ2) is 3.22. The first-order chi connectivity index (χ1) is 8.24. The van der Waals surface area contributed by atoms with Crippen molar-refractivity contribution in [3.63, 3.8) is 0 Å². The highest BCUT2D eigenvalue weighted by Crippen LogP contribution is 2.57. The van der Waals surface area contributed by atoms with Gasteiger partial charge in [-0.25, -0.2) is 0 Å². The van der Waals surface area contributed by atoms with Crippen molar-refractivity contribution in [2.75, 3.05) is 0 Å². The lowest BCUT2D eigenvalue weighted by Crippen LogP contribution is -2.50. The van der Waals surface area contributed by atoms with Gasteiger partial charge in [0.15, 0.2) is 4.75 Å². The number of esters is 1. The van der Waals surface area contributed by atoms with Crippen molar-refractivity contribution in [2.24, 2.45) is 11.8 Å². The minimum atomic E-state index is -1.05. The maximum absolute atomic E-state index is 12.6. The zero-order valence-electron chi connectivity index (χ0n) is 9.63. The number of carbonyl (C=O) groups is 1. The van der Waals surface area contributed by atoms with Crippen LogP contribution in [0.25, 0.3) is 0 Å². The Kier molecular flexibility index (Phi) is 1.95. The Morgan fingerprint density at radius 1 is 1.29 bits per heavy atom. The fraction of sp³-hybridized carbons (Fsp3) is 0.769. The average Bonchev–Trinajstić information content (AvgIpc) is 2.96. The number of allylic oxidation sites excluding steroid dienone is 1. The van der Waals surface area contributed by atoms with Gasteiger partial charge in [0.05, 0.1) is 5.25 Å². The van der Waals surface area contributed by atoms with Gasteiger partial charge >= 0.3 is 5.97 Å². The predicted octanol–water partition coefficient (Wildman–Crippen LogP) is 1.55. The molecule has 2 bridgehead atoms. The summed E-state index contributed by atoms with van der Waals surface area (Å²) in [5.41, 5.74) is 0. The molecule has 92 valence electrons. The zero-order chi connectivity index (χ0) is 11.6. The highest BCUT2D eigenvalue weighted by Gasteiger charge is 2.69. The summed E-state index contributed by atoms with van der Waals surface area (Å²) in [6, 6.07) is 0. The smallest absolute Gasteiger partial charge is 0.326 e. The van der Waals surface area contributed by atoms with E-state index >= 15 is 0 Å². The molecule has 0 N–H and O–H groups in total. The van der Waals surface area contributed by atoms with Gasteiger partial charge in [-0.1, -0.05) is 18.6 Å². The number of hydrogen-bond donors (Lipinski definition) is 0. The molecule has 3 nitrogen and oxygen atoms in total. The summed E-state index contributed by atoms with van der Waals surface area (Å²) in [5, 5.41) is 0.105. The van der Waals surface area contributed by atoms with Crippen LogP contribution in [-0.2, 0) is 20.3 Å². The summed E-state index contributed by atoms with van der Waals surface area (Å²) in [4.78, 5) is 12.3. The third-order valence-electron chi connectivity index (χ3n) is 5.03. The van der Waals surface area contributed by atoms with Gasteiger partial charge in [-0.15, -0.1) is 0 Å². The van der Waals surface area contributed by atoms with Gasteiger partial charge in [-0.3, -0.25) is 9.00 Å². The van der Waals surface area contributed by atoms with Crippen LogP contribution in [0.4, 0.5) is 0 Å². The van der Waals surface area contributed by atoms with Gasteiger partial charge in [0.1, 0.15) is 6.10 Å². The molecule has 4 aliphatic rings. The molecule has 2 aliphatic heterocycles. The molecule has 3 fully saturated rings. The number of hydrogen-bond acceptors (Lipinski definition) is 3. The van der Waals surface area contributed by atoms with Gasteiger partial charge < -0.3 is 4.74 Å². The Morgan fingerprint density at radius 2 is 2.12 bits per heavy atom. The van der Waals surface area contributed by atoms with E-state index in [1.165, 1.54) is 0 Å². The van der Waals surface area contributed by atoms with Crippen LogP contribution in [0.5, 0.6) is 0 Å². The van der Waals surface area contributed by atoms with Gasteiger partial charge in [0.25, 0.3) is 0 Å². The summed E-state index contributed by atoms with van der Waals surface area (Å²) in [7, 11) is -1.05. The van der Waals surface area contributed by atoms with Crippen LogP contribution in [0, 0.1) is 11.8 Å². The normalized spacial score (nSPS) is 55.3. The summed E-state index contributed by atoms with van der Waals surface area (Å²) < 4.78 is 17.5. The Labute approximate surface area is 103 Å². The van der Waals surface area contributed by atoms with Gasteiger partial charge in [-0.2, -0.15) is 0 Å². The Bertz CT molecular complexity index is 444. The van der Waals surface area contributed by atoms with Crippen LogP contribution >= 0.6 is 0 Å². The topological polar surface area (TPSA) is 43.4 Å². The van der Waals surface area contributed by atoms with Gasteiger partial charge in [0, 0.05) is 22.6 Å². The minimum Gasteiger partial charge on any atom is -0.461 e. The Morgan fingerprint density at radius 3 is 2.88 bits per heavy atom. The molecule has 4 unspecified atom stereocenters. The standard InChI is InChI=1S/C13H16O3S/c14-12-13(8-5-6-9(7-8)17(13)15)10-3-1-2-4-11(10)16-12/h5-6,8-11H,1-4,7H2/t8?,9?,10-,11-,13?,17?/m0/s1. The number of carbonyl (C=O) groups excluding carboxylic acids is 1. The lowest BCUT2D eigenvalue weighted by Gasteiger charge is -2.35. The molecule has 0 aromatic carbocycles. The van der Waals surface area contributed by atoms with Crippen molar-refractivity contribution in [3.05, 3.63) is 12.2 Å². The molecule has 0 aromatic rings. The molecule has 1 saturated carbocycles. The van der Waals surface area contributed by atoms with Crippen LogP contribution in [0.15, 0.2) is 12.2 Å². The van der Waals surface area contributed by atoms with E-state index < -0.39 is 15.5 Å². The summed E-state index contributed by atoms with van der Waals surface area (Å²) in [5.74, 6) is 0.225. The Hall–Kier alpha value is -0.640. The van der Waals surface area contributed by atoms with Gasteiger partial charge in [0.2, 0.25) is 0 Å². The molecule has 1 spiro atoms. The largest absolute Gasteiger partial charge is 0.461 e. The molecule has 2 saturated heterocycles. The van der Waals surface area contributed by atoms with Crippen molar-refractivity contribution in [1.29, 1.82) is 0 Å². The lowest BCUT2D eigenvalue weighted by molar-refractivity contribution is -0.144. The first-order valence-electron chi connectivity index (χ1n) is 6.54. The first-order valence-corrected chi connectivity index (χ1v) is 7.76. The zero-order valence-corrected chi connectivity index (χ0v) is 10.4. The van der Waals surface area contributed by atoms with E-state index in [0.29, 0.717) is 0 Å². The predicted molar refractivity (Wildman–Crippen MR) is 63.7 cm³/mol. The first kappa shape index (κ1) is 10.3. The summed E-state index contributed by atoms with van der Waals surface area (Å²) in [6.07, 6.45) is 9.37. The van der Waals surface area contributed by atoms with E-state index in [-0.39, 0.29) is 29.2 Å². The number of rotatable bonds is 0. The summed E-state index contributed by atoms with van der Waals surface area (Å²) >= 11 is 0. The minimum absolute atomic E-state index is 0.0490. The van der Waals surface area contributed by atoms with E-state index in [4.69, 9.17) is 4.74 Å². The van der Waals surface area contributed by atoms with Crippen molar-refractivity contribution in [1.82, 2.24) is 0 Å². The molecule has 4 heteroatoms. The molecule has 2 heterocycles. The van der Waals surface area contributed by atoms with E-state index in [1.807, 2.05) is 6.08 Å². The maximum Gasteiger partial charge on any atom is 0.326 e. The van der Waals surface area contributed by atoms with E-state index in [1.54, 1.807) is 0 Å². The van der Waals surface area contributed by atoms with Crippen molar-refractivity contribution < 1.29 is 13.7 Å². The quantitative estimate of drug-likeness (QED) is 0.485. The van der Waals surface area contributed by atoms with E-state index in [2.05, 4.69) is 6.08 Å². The molecular weight excluding hydrogens is 236 g/mol. The van der Waals surface area contributed by atoms with Crippen LogP contribution < -0.4 is 0 Å². The average molecular weight is 252 g/mol. The fourth-order valence-corrected chi connectivity index (χ4v) is 6.68. The van der Waals surface area contributed by atoms with Crippen molar-refractivity contribution >= 4 is 16.8 Å². The van der Waals surface area contributed by atoms with Gasteiger partial charge in [-0.05, 0) is 25.7 Å². The third kappa shape index (κ3) is 1.04. The van der Waals surface area contributed by atoms with Crippen LogP contribution in [0.3, 0.4) is 0 Å². The number of fused-ring (bicyclic) bond motifs is 5. The third-order valence-corrected chi connectivity index (χ3v) is 7.37. The highest BCUT2D eigenvalue weighted by molar-refractivity contribution is 7.88. The molecule has 4 rings (SSSR count). The molecule has 0 amide bonds. The molecule has 0 aromatic heterocycles. The molecule has 17 heavy (non-hydrogen) atoms. The molecule has 0 radical (unpaired) electrons. The highest BCUT2D eigenvalue weighted by atomic mass is 32.2. The monoisotopic (exact) mass is 252 g/mol. The van der Waals surface area contributed by atoms with Crippen LogP contribution in [0.2, 0.25) is 0 Å². The van der Waals surface area contributed by atoms with Crippen LogP contribution in [-0.4, -0.2) is 26.3 Å². The van der Waals surface area contributed by atoms with Crippen molar-refractivity contribution in [2.45, 2.75) is 48.2 Å². The second-order valence-corrected chi connectivity index (χ2v) is 7.57. The number of ether oxygens (including phenoxy) is 1. The second-order valence-electron chi connectivity index (χ2n) is 5.69. The van der Waals surface area contributed by atoms with Crippen molar-refractivity contribution in [3.8, 4) is 0 Å². The lowest BCUT2D eigenvalue weighted by atomic mass is 9.74. The molecule has 6 atom stereocenters. The molecular formula is C13H16O3S. The van der Waals surface area contributed by atoms with E-state index in [9.17, 15) is 9.00 Å². The SMILES string of the molecule is O=C1O[C@H]2CCCC[C@@H]2C12C1C=CC(C1)S2=O. The maximum atomic E-state index is 12.6. The fourth-order valence-electron chi connectivity index (χ4n) is 4.31. The van der Waals surface area contributed by atoms with Crippen LogP contribution in [0.1, 0.15) is 32.1 Å².